The van der Waals surface area contributed by atoms with Crippen LogP contribution in [0.1, 0.15) is 12.8 Å². The van der Waals surface area contributed by atoms with E-state index in [4.69, 9.17) is 10.2 Å². The molecule has 0 rings (SSSR count). The lowest BCUT2D eigenvalue weighted by Crippen LogP contribution is -1.93. The zero-order valence-electron chi connectivity index (χ0n) is 3.92. The Bertz CT molecular complexity index is 35.9. The lowest BCUT2D eigenvalue weighted by molar-refractivity contribution is 0.0620. The summed E-state index contributed by atoms with van der Waals surface area (Å²) in [6.45, 7) is -0.245. The van der Waals surface area contributed by atoms with Gasteiger partial charge < -0.3 is 10.2 Å². The smallest absolute Gasteiger partial charge is 0.218 e. The molecule has 0 heterocycles. The van der Waals surface area contributed by atoms with Crippen LogP contribution in [0.15, 0.2) is 0 Å². The molecule has 3 nitrogen and oxygen atoms in total. The fourth-order valence-corrected chi connectivity index (χ4v) is 0.230. The predicted molar refractivity (Wildman–Crippen MR) is 21.9 cm³/mol. The highest BCUT2D eigenvalue weighted by Gasteiger charge is 1.95. The van der Waals surface area contributed by atoms with Gasteiger partial charge in [-0.15, -0.1) is 0 Å². The Kier molecular flexibility index (Phi) is 3.98. The third-order valence-corrected chi connectivity index (χ3v) is 0.545. The molecule has 0 aliphatic carbocycles. The van der Waals surface area contributed by atoms with Gasteiger partial charge in [-0.25, -0.2) is 5.11 Å². The first-order valence-corrected chi connectivity index (χ1v) is 2.09. The number of aliphatic hydroxyl groups is 2. The van der Waals surface area contributed by atoms with E-state index in [0.29, 0.717) is 6.42 Å². The summed E-state index contributed by atoms with van der Waals surface area (Å²) in [5.41, 5.74) is 0. The van der Waals surface area contributed by atoms with Crippen molar-refractivity contribution in [2.24, 2.45) is 0 Å². The van der Waals surface area contributed by atoms with Crippen molar-refractivity contribution < 1.29 is 15.3 Å². The molecule has 0 saturated heterocycles. The summed E-state index contributed by atoms with van der Waals surface area (Å²) in [6.07, 6.45) is -0.220. The van der Waals surface area contributed by atoms with Crippen LogP contribution in [0.4, 0.5) is 0 Å². The maximum atomic E-state index is 9.60. The number of aliphatic hydroxyl groups excluding tert-OH is 1. The summed E-state index contributed by atoms with van der Waals surface area (Å²) in [7, 11) is 0. The quantitative estimate of drug-likeness (QED) is 0.545. The molecule has 0 amide bonds. The van der Waals surface area contributed by atoms with Crippen LogP contribution >= 0.6 is 0 Å². The summed E-state index contributed by atoms with van der Waals surface area (Å²) >= 11 is 0. The highest BCUT2D eigenvalue weighted by Crippen LogP contribution is 1.97. The summed E-state index contributed by atoms with van der Waals surface area (Å²) in [5.74, 6) is 0. The van der Waals surface area contributed by atoms with E-state index >= 15 is 0 Å². The van der Waals surface area contributed by atoms with Crippen LogP contribution in [0.3, 0.4) is 0 Å². The van der Waals surface area contributed by atoms with Gasteiger partial charge in [0.25, 0.3) is 0 Å². The zero-order valence-corrected chi connectivity index (χ0v) is 3.92. The molecule has 0 saturated carbocycles. The molecule has 0 aromatic carbocycles. The molecule has 0 aliphatic heterocycles. The maximum Gasteiger partial charge on any atom is 0.218 e. The lowest BCUT2D eigenvalue weighted by Gasteiger charge is -1.94. The molecule has 0 unspecified atom stereocenters. The monoisotopic (exact) mass is 104 g/mol. The predicted octanol–water partition coefficient (Wildman–Crippen LogP) is 0.432. The molecule has 0 bridgehead atoms. The molecule has 0 fully saturated rings. The van der Waals surface area contributed by atoms with E-state index in [-0.39, 0.29) is 13.0 Å². The molecule has 3 heteroatoms. The van der Waals surface area contributed by atoms with E-state index in [9.17, 15) is 5.11 Å². The molecule has 0 aliphatic rings. The Hall–Kier alpha value is -0.120. The number of hydrogen-bond donors (Lipinski definition) is 2. The largest absolute Gasteiger partial charge is 0.361 e. The third kappa shape index (κ3) is 5.88. The fourth-order valence-electron chi connectivity index (χ4n) is 0.230. The average Bonchev–Trinajstić information content (AvgIpc) is 1.61. The minimum atomic E-state index is -0.643. The van der Waals surface area contributed by atoms with Crippen molar-refractivity contribution >= 4 is 0 Å². The van der Waals surface area contributed by atoms with E-state index in [2.05, 4.69) is 0 Å². The van der Waals surface area contributed by atoms with Gasteiger partial charge in [0.2, 0.25) is 6.29 Å². The van der Waals surface area contributed by atoms with E-state index in [1.165, 1.54) is 0 Å². The Morgan fingerprint density at radius 2 is 2.00 bits per heavy atom. The molecule has 0 aromatic rings. The van der Waals surface area contributed by atoms with Crippen molar-refractivity contribution in [1.82, 2.24) is 0 Å². The average molecular weight is 104 g/mol. The fraction of sp³-hybridized carbons (Fsp3) is 0.750. The van der Waals surface area contributed by atoms with Gasteiger partial charge in [-0.2, -0.15) is 0 Å². The van der Waals surface area contributed by atoms with E-state index in [1.54, 1.807) is 0 Å². The van der Waals surface area contributed by atoms with Crippen molar-refractivity contribution in [2.45, 2.75) is 12.8 Å². The number of hydrogen-bond acceptors (Lipinski definition) is 2. The second kappa shape index (κ2) is 4.05. The molecule has 7 heavy (non-hydrogen) atoms. The van der Waals surface area contributed by atoms with Crippen molar-refractivity contribution in [1.29, 1.82) is 0 Å². The SMILES string of the molecule is [O]CCC[C](O)O. The standard InChI is InChI=1S/C4H8O3/c5-3-1-2-4(6)7/h6-7H,1-3H2. The summed E-state index contributed by atoms with van der Waals surface area (Å²) in [5, 5.41) is 25.6. The maximum absolute atomic E-state index is 9.60. The van der Waals surface area contributed by atoms with Gasteiger partial charge in [0, 0.05) is 6.42 Å². The Morgan fingerprint density at radius 3 is 2.14 bits per heavy atom. The minimum Gasteiger partial charge on any atom is -0.361 e. The Labute approximate surface area is 42.2 Å². The first-order valence-electron chi connectivity index (χ1n) is 2.09. The lowest BCUT2D eigenvalue weighted by atomic mass is 10.3. The van der Waals surface area contributed by atoms with Crippen molar-refractivity contribution in [3.63, 3.8) is 0 Å². The highest BCUT2D eigenvalue weighted by molar-refractivity contribution is 4.54. The molecular formula is C4H8O3. The topological polar surface area (TPSA) is 60.4 Å². The minimum absolute atomic E-state index is 0.115. The van der Waals surface area contributed by atoms with Crippen LogP contribution in [-0.2, 0) is 5.11 Å². The van der Waals surface area contributed by atoms with Crippen LogP contribution in [-0.4, -0.2) is 16.8 Å². The third-order valence-electron chi connectivity index (χ3n) is 0.545. The van der Waals surface area contributed by atoms with Crippen LogP contribution in [0.2, 0.25) is 0 Å². The molecular weight excluding hydrogens is 96.0 g/mol. The summed E-state index contributed by atoms with van der Waals surface area (Å²) in [4.78, 5) is 0. The molecule has 0 spiro atoms. The number of rotatable bonds is 3. The first-order chi connectivity index (χ1) is 3.27. The second-order valence-corrected chi connectivity index (χ2v) is 1.22. The second-order valence-electron chi connectivity index (χ2n) is 1.22. The van der Waals surface area contributed by atoms with Gasteiger partial charge in [0.05, 0.1) is 6.61 Å². The molecule has 2 radical (unpaired) electrons. The van der Waals surface area contributed by atoms with Crippen LogP contribution in [0, 0.1) is 6.29 Å². The highest BCUT2D eigenvalue weighted by atomic mass is 16.5. The molecule has 42 valence electrons. The van der Waals surface area contributed by atoms with Gasteiger partial charge >= 0.3 is 0 Å². The van der Waals surface area contributed by atoms with E-state index in [0.717, 1.165) is 0 Å². The summed E-state index contributed by atoms with van der Waals surface area (Å²) in [6, 6.07) is 0. The zero-order chi connectivity index (χ0) is 5.70. The van der Waals surface area contributed by atoms with E-state index < -0.39 is 6.29 Å². The van der Waals surface area contributed by atoms with E-state index in [1.807, 2.05) is 0 Å². The molecule has 0 aromatic heterocycles. The van der Waals surface area contributed by atoms with Crippen molar-refractivity contribution in [2.75, 3.05) is 6.61 Å². The van der Waals surface area contributed by atoms with Crippen molar-refractivity contribution in [3.8, 4) is 0 Å². The van der Waals surface area contributed by atoms with Crippen LogP contribution < -0.4 is 0 Å². The van der Waals surface area contributed by atoms with Crippen LogP contribution in [0.25, 0.3) is 0 Å². The Morgan fingerprint density at radius 1 is 1.43 bits per heavy atom. The van der Waals surface area contributed by atoms with Crippen LogP contribution in [0.5, 0.6) is 0 Å². The van der Waals surface area contributed by atoms with Gasteiger partial charge in [0.15, 0.2) is 0 Å². The molecule has 2 N–H and O–H groups in total. The van der Waals surface area contributed by atoms with Gasteiger partial charge in [-0.3, -0.25) is 0 Å². The van der Waals surface area contributed by atoms with Gasteiger partial charge in [-0.05, 0) is 6.42 Å². The van der Waals surface area contributed by atoms with Crippen molar-refractivity contribution in [3.05, 3.63) is 6.29 Å². The summed E-state index contributed by atoms with van der Waals surface area (Å²) < 4.78 is 0. The first kappa shape index (κ1) is 6.88. The van der Waals surface area contributed by atoms with Gasteiger partial charge in [0.1, 0.15) is 0 Å². The normalized spacial score (nSPS) is 10.3. The molecule has 0 atom stereocenters. The Balaban J connectivity index is 2.68. The van der Waals surface area contributed by atoms with Gasteiger partial charge in [-0.1, -0.05) is 0 Å².